The number of H-pyrrole nitrogens is 1. The molecule has 1 heterocycles. The lowest BCUT2D eigenvalue weighted by atomic mass is 10.3. The van der Waals surface area contributed by atoms with Crippen molar-refractivity contribution in [1.82, 2.24) is 15.2 Å². The molecule has 5 heteroatoms. The van der Waals surface area contributed by atoms with Crippen molar-refractivity contribution in [2.24, 2.45) is 0 Å². The van der Waals surface area contributed by atoms with Crippen LogP contribution in [0.25, 0.3) is 0 Å². The molecule has 1 aliphatic carbocycles. The van der Waals surface area contributed by atoms with E-state index in [0.717, 1.165) is 30.2 Å². The van der Waals surface area contributed by atoms with Crippen LogP contribution in [0.4, 0.5) is 0 Å². The van der Waals surface area contributed by atoms with Gasteiger partial charge in [-0.05, 0) is 26.2 Å². The number of aryl methyl sites for hydroxylation is 1. The molecule has 0 aliphatic heterocycles. The summed E-state index contributed by atoms with van der Waals surface area (Å²) in [5.41, 5.74) is 0. The molecule has 0 amide bonds. The van der Waals surface area contributed by atoms with Gasteiger partial charge < -0.3 is 5.11 Å². The van der Waals surface area contributed by atoms with Crippen LogP contribution in [0.2, 0.25) is 0 Å². The first kappa shape index (κ1) is 9.02. The van der Waals surface area contributed by atoms with Crippen LogP contribution in [-0.4, -0.2) is 31.6 Å². The van der Waals surface area contributed by atoms with Crippen molar-refractivity contribution < 1.29 is 5.11 Å². The maximum atomic E-state index is 9.57. The van der Waals surface area contributed by atoms with Gasteiger partial charge in [-0.1, -0.05) is 11.8 Å². The van der Waals surface area contributed by atoms with Crippen molar-refractivity contribution in [3.05, 3.63) is 5.82 Å². The van der Waals surface area contributed by atoms with Gasteiger partial charge in [-0.15, -0.1) is 5.10 Å². The van der Waals surface area contributed by atoms with Gasteiger partial charge in [-0.3, -0.25) is 5.10 Å². The Morgan fingerprint density at radius 3 is 2.92 bits per heavy atom. The maximum Gasteiger partial charge on any atom is 0.208 e. The summed E-state index contributed by atoms with van der Waals surface area (Å²) >= 11 is 1.58. The summed E-state index contributed by atoms with van der Waals surface area (Å²) in [4.78, 5) is 4.19. The van der Waals surface area contributed by atoms with E-state index < -0.39 is 0 Å². The Kier molecular flexibility index (Phi) is 2.55. The summed E-state index contributed by atoms with van der Waals surface area (Å²) in [7, 11) is 0. The summed E-state index contributed by atoms with van der Waals surface area (Å²) in [5.74, 6) is 0.829. The second kappa shape index (κ2) is 3.67. The second-order valence-corrected chi connectivity index (χ2v) is 4.56. The number of aromatic nitrogens is 3. The number of hydrogen-bond acceptors (Lipinski definition) is 4. The summed E-state index contributed by atoms with van der Waals surface area (Å²) < 4.78 is 0. The van der Waals surface area contributed by atoms with E-state index in [1.807, 2.05) is 6.92 Å². The van der Waals surface area contributed by atoms with Crippen LogP contribution in [-0.2, 0) is 0 Å². The summed E-state index contributed by atoms with van der Waals surface area (Å²) in [5, 5.41) is 17.4. The molecule has 0 saturated heterocycles. The number of nitrogens with zero attached hydrogens (tertiary/aromatic N) is 2. The van der Waals surface area contributed by atoms with Crippen LogP contribution in [0.3, 0.4) is 0 Å². The van der Waals surface area contributed by atoms with E-state index >= 15 is 0 Å². The average molecular weight is 199 g/mol. The van der Waals surface area contributed by atoms with Crippen molar-refractivity contribution in [3.8, 4) is 0 Å². The highest BCUT2D eigenvalue weighted by atomic mass is 32.2. The highest BCUT2D eigenvalue weighted by molar-refractivity contribution is 7.99. The van der Waals surface area contributed by atoms with Crippen molar-refractivity contribution in [2.75, 3.05) is 0 Å². The monoisotopic (exact) mass is 199 g/mol. The lowest BCUT2D eigenvalue weighted by molar-refractivity contribution is 0.188. The van der Waals surface area contributed by atoms with Crippen LogP contribution in [0.15, 0.2) is 5.16 Å². The van der Waals surface area contributed by atoms with Gasteiger partial charge in [-0.2, -0.15) is 0 Å². The molecular formula is C8H13N3OS. The van der Waals surface area contributed by atoms with Gasteiger partial charge in [0.1, 0.15) is 5.82 Å². The molecule has 1 fully saturated rings. The normalized spacial score (nSPS) is 28.2. The van der Waals surface area contributed by atoms with Crippen molar-refractivity contribution >= 4 is 11.8 Å². The Labute approximate surface area is 81.1 Å². The molecule has 1 saturated carbocycles. The molecular weight excluding hydrogens is 186 g/mol. The van der Waals surface area contributed by atoms with Crippen molar-refractivity contribution in [1.29, 1.82) is 0 Å². The van der Waals surface area contributed by atoms with E-state index in [1.165, 1.54) is 0 Å². The first-order valence-corrected chi connectivity index (χ1v) is 5.37. The number of nitrogens with one attached hydrogen (secondary N) is 1. The average Bonchev–Trinajstić information content (AvgIpc) is 2.64. The zero-order valence-corrected chi connectivity index (χ0v) is 8.34. The standard InChI is InChI=1S/C8H13N3OS/c1-5-9-8(11-10-5)13-7-4-2-3-6(7)12/h6-7,12H,2-4H2,1H3,(H,9,10,11). The van der Waals surface area contributed by atoms with E-state index in [4.69, 9.17) is 0 Å². The third kappa shape index (κ3) is 2.03. The summed E-state index contributed by atoms with van der Waals surface area (Å²) in [6, 6.07) is 0. The van der Waals surface area contributed by atoms with Crippen molar-refractivity contribution in [3.63, 3.8) is 0 Å². The molecule has 0 radical (unpaired) electrons. The van der Waals surface area contributed by atoms with E-state index in [9.17, 15) is 5.11 Å². The molecule has 13 heavy (non-hydrogen) atoms. The highest BCUT2D eigenvalue weighted by Crippen LogP contribution is 2.33. The van der Waals surface area contributed by atoms with Gasteiger partial charge in [-0.25, -0.2) is 4.98 Å². The molecule has 4 nitrogen and oxygen atoms in total. The minimum absolute atomic E-state index is 0.177. The fourth-order valence-corrected chi connectivity index (χ4v) is 2.69. The molecule has 2 N–H and O–H groups in total. The molecule has 1 aromatic heterocycles. The van der Waals surface area contributed by atoms with Gasteiger partial charge in [0.15, 0.2) is 0 Å². The van der Waals surface area contributed by atoms with Crippen LogP contribution >= 0.6 is 11.8 Å². The smallest absolute Gasteiger partial charge is 0.208 e. The Morgan fingerprint density at radius 2 is 2.38 bits per heavy atom. The van der Waals surface area contributed by atoms with E-state index in [0.29, 0.717) is 0 Å². The molecule has 0 bridgehead atoms. The molecule has 2 atom stereocenters. The lowest BCUT2D eigenvalue weighted by Crippen LogP contribution is -2.15. The number of rotatable bonds is 2. The van der Waals surface area contributed by atoms with E-state index in [-0.39, 0.29) is 11.4 Å². The number of thioether (sulfide) groups is 1. The minimum atomic E-state index is -0.177. The summed E-state index contributed by atoms with van der Waals surface area (Å²) in [6.45, 7) is 1.88. The number of aromatic amines is 1. The maximum absolute atomic E-state index is 9.57. The van der Waals surface area contributed by atoms with E-state index in [1.54, 1.807) is 11.8 Å². The predicted molar refractivity (Wildman–Crippen MR) is 50.6 cm³/mol. The Bertz CT molecular complexity index is 289. The molecule has 1 aromatic rings. The third-order valence-electron chi connectivity index (χ3n) is 2.25. The quantitative estimate of drug-likeness (QED) is 0.749. The van der Waals surface area contributed by atoms with E-state index in [2.05, 4.69) is 15.2 Å². The summed E-state index contributed by atoms with van der Waals surface area (Å²) in [6.07, 6.45) is 2.92. The molecule has 0 aromatic carbocycles. The lowest BCUT2D eigenvalue weighted by Gasteiger charge is -2.10. The third-order valence-corrected chi connectivity index (χ3v) is 3.50. The largest absolute Gasteiger partial charge is 0.392 e. The Hall–Kier alpha value is -0.550. The predicted octanol–water partition coefficient (Wildman–Crippen LogP) is 1.12. The van der Waals surface area contributed by atoms with Gasteiger partial charge in [0, 0.05) is 5.25 Å². The van der Waals surface area contributed by atoms with Crippen LogP contribution in [0.5, 0.6) is 0 Å². The fourth-order valence-electron chi connectivity index (χ4n) is 1.55. The number of aliphatic hydroxyl groups excluding tert-OH is 1. The second-order valence-electron chi connectivity index (χ2n) is 3.36. The molecule has 0 spiro atoms. The fraction of sp³-hybridized carbons (Fsp3) is 0.750. The topological polar surface area (TPSA) is 61.8 Å². The first-order chi connectivity index (χ1) is 6.25. The molecule has 2 unspecified atom stereocenters. The number of aliphatic hydroxyl groups is 1. The molecule has 2 rings (SSSR count). The zero-order chi connectivity index (χ0) is 9.26. The minimum Gasteiger partial charge on any atom is -0.392 e. The Balaban J connectivity index is 1.97. The Morgan fingerprint density at radius 1 is 1.54 bits per heavy atom. The number of hydrogen-bond donors (Lipinski definition) is 2. The van der Waals surface area contributed by atoms with Crippen LogP contribution in [0, 0.1) is 6.92 Å². The molecule has 72 valence electrons. The van der Waals surface area contributed by atoms with Crippen LogP contribution < -0.4 is 0 Å². The highest BCUT2D eigenvalue weighted by Gasteiger charge is 2.27. The first-order valence-electron chi connectivity index (χ1n) is 4.49. The molecule has 1 aliphatic rings. The van der Waals surface area contributed by atoms with Crippen LogP contribution in [0.1, 0.15) is 25.1 Å². The van der Waals surface area contributed by atoms with Gasteiger partial charge >= 0.3 is 0 Å². The zero-order valence-electron chi connectivity index (χ0n) is 7.53. The van der Waals surface area contributed by atoms with Gasteiger partial charge in [0.2, 0.25) is 5.16 Å². The SMILES string of the molecule is Cc1nc(SC2CCCC2O)n[nH]1. The van der Waals surface area contributed by atoms with Gasteiger partial charge in [0.25, 0.3) is 0 Å². The van der Waals surface area contributed by atoms with Crippen molar-refractivity contribution in [2.45, 2.75) is 42.7 Å². The van der Waals surface area contributed by atoms with Gasteiger partial charge in [0.05, 0.1) is 6.10 Å².